The Morgan fingerprint density at radius 3 is 2.59 bits per heavy atom. The molecule has 3 aromatic heterocycles. The van der Waals surface area contributed by atoms with Gasteiger partial charge in [0.2, 0.25) is 0 Å². The minimum Gasteiger partial charge on any atom is -0.350 e. The Kier molecular flexibility index (Phi) is 3.90. The van der Waals surface area contributed by atoms with Gasteiger partial charge in [0, 0.05) is 18.4 Å². The number of rotatable bonds is 3. The first-order valence-corrected chi connectivity index (χ1v) is 8.79. The third-order valence-corrected chi connectivity index (χ3v) is 4.66. The molecule has 0 N–H and O–H groups in total. The molecule has 8 nitrogen and oxygen atoms in total. The molecular formula is C17H21F2N7O. The fourth-order valence-electron chi connectivity index (χ4n) is 3.08. The van der Waals surface area contributed by atoms with Crippen molar-refractivity contribution >= 4 is 16.9 Å². The third kappa shape index (κ3) is 3.24. The van der Waals surface area contributed by atoms with E-state index in [1.54, 1.807) is 22.7 Å². The van der Waals surface area contributed by atoms with Gasteiger partial charge in [0.25, 0.3) is 5.92 Å². The number of nitrogens with zero attached hydrogens (tertiary/aromatic N) is 7. The molecule has 0 unspecified atom stereocenters. The van der Waals surface area contributed by atoms with Crippen LogP contribution in [0.5, 0.6) is 0 Å². The van der Waals surface area contributed by atoms with Crippen molar-refractivity contribution < 1.29 is 13.4 Å². The second-order valence-corrected chi connectivity index (χ2v) is 7.98. The van der Waals surface area contributed by atoms with Crippen LogP contribution in [0.3, 0.4) is 0 Å². The molecule has 0 amide bonds. The van der Waals surface area contributed by atoms with Crippen LogP contribution >= 0.6 is 0 Å². The quantitative estimate of drug-likeness (QED) is 0.694. The monoisotopic (exact) mass is 377 g/mol. The minimum absolute atomic E-state index is 0.179. The Bertz CT molecular complexity index is 989. The molecule has 4 heterocycles. The van der Waals surface area contributed by atoms with Gasteiger partial charge in [0.05, 0.1) is 24.7 Å². The van der Waals surface area contributed by atoms with Crippen molar-refractivity contribution in [1.82, 2.24) is 30.1 Å². The van der Waals surface area contributed by atoms with Crippen LogP contribution in [0.4, 0.5) is 14.6 Å². The van der Waals surface area contributed by atoms with E-state index < -0.39 is 5.92 Å². The molecular weight excluding hydrogens is 356 g/mol. The van der Waals surface area contributed by atoms with Crippen LogP contribution in [0.15, 0.2) is 10.8 Å². The summed E-state index contributed by atoms with van der Waals surface area (Å²) in [7, 11) is 0. The van der Waals surface area contributed by atoms with Crippen LogP contribution in [-0.2, 0) is 12.0 Å². The van der Waals surface area contributed by atoms with Gasteiger partial charge in [-0.1, -0.05) is 31.1 Å². The van der Waals surface area contributed by atoms with E-state index in [0.29, 0.717) is 40.6 Å². The molecule has 0 spiro atoms. The molecule has 4 rings (SSSR count). The number of hydrogen-bond donors (Lipinski definition) is 0. The molecule has 1 fully saturated rings. The predicted octanol–water partition coefficient (Wildman–Crippen LogP) is 2.71. The van der Waals surface area contributed by atoms with Crippen LogP contribution in [0.25, 0.3) is 11.0 Å². The molecule has 0 atom stereocenters. The van der Waals surface area contributed by atoms with E-state index in [9.17, 15) is 8.78 Å². The number of alkyl halides is 2. The normalized spacial score (nSPS) is 17.2. The first-order chi connectivity index (χ1) is 12.6. The van der Waals surface area contributed by atoms with E-state index in [2.05, 4.69) is 25.4 Å². The van der Waals surface area contributed by atoms with Gasteiger partial charge in [-0.2, -0.15) is 5.10 Å². The van der Waals surface area contributed by atoms with Gasteiger partial charge in [0.15, 0.2) is 5.65 Å². The lowest BCUT2D eigenvalue weighted by Gasteiger charge is -2.22. The fourth-order valence-corrected chi connectivity index (χ4v) is 3.08. The maximum atomic E-state index is 13.8. The number of anilines is 1. The zero-order valence-corrected chi connectivity index (χ0v) is 15.7. The van der Waals surface area contributed by atoms with Crippen LogP contribution in [-0.4, -0.2) is 49.1 Å². The summed E-state index contributed by atoms with van der Waals surface area (Å²) in [5, 5.41) is 12.7. The lowest BCUT2D eigenvalue weighted by molar-refractivity contribution is 0.0257. The number of aromatic nitrogens is 6. The van der Waals surface area contributed by atoms with Crippen molar-refractivity contribution in [2.24, 2.45) is 0 Å². The second kappa shape index (κ2) is 5.93. The van der Waals surface area contributed by atoms with Gasteiger partial charge < -0.3 is 4.90 Å². The van der Waals surface area contributed by atoms with E-state index in [1.807, 2.05) is 20.8 Å². The van der Waals surface area contributed by atoms with Crippen molar-refractivity contribution in [3.8, 4) is 0 Å². The first-order valence-electron chi connectivity index (χ1n) is 8.79. The SMILES string of the molecule is Cc1nonc1Cn1ncc2c(N3CCC(F)(F)C3)nc(C(C)(C)C)nc21. The van der Waals surface area contributed by atoms with Crippen molar-refractivity contribution in [2.45, 2.75) is 52.0 Å². The number of fused-ring (bicyclic) bond motifs is 1. The van der Waals surface area contributed by atoms with Gasteiger partial charge in [0.1, 0.15) is 23.0 Å². The van der Waals surface area contributed by atoms with E-state index in [1.165, 1.54) is 0 Å². The number of hydrogen-bond acceptors (Lipinski definition) is 7. The summed E-state index contributed by atoms with van der Waals surface area (Å²) < 4.78 is 34.0. The second-order valence-electron chi connectivity index (χ2n) is 7.98. The summed E-state index contributed by atoms with van der Waals surface area (Å²) in [5.41, 5.74) is 1.56. The largest absolute Gasteiger partial charge is 0.350 e. The van der Waals surface area contributed by atoms with Crippen LogP contribution < -0.4 is 4.90 Å². The lowest BCUT2D eigenvalue weighted by atomic mass is 9.95. The van der Waals surface area contributed by atoms with Crippen LogP contribution in [0.1, 0.15) is 44.4 Å². The van der Waals surface area contributed by atoms with Crippen molar-refractivity contribution in [3.63, 3.8) is 0 Å². The molecule has 0 aliphatic carbocycles. The third-order valence-electron chi connectivity index (χ3n) is 4.66. The Hall–Kier alpha value is -2.65. The maximum absolute atomic E-state index is 13.8. The highest BCUT2D eigenvalue weighted by molar-refractivity contribution is 5.87. The highest BCUT2D eigenvalue weighted by Crippen LogP contribution is 2.34. The minimum atomic E-state index is -2.71. The van der Waals surface area contributed by atoms with Gasteiger partial charge in [-0.25, -0.2) is 28.1 Å². The summed E-state index contributed by atoms with van der Waals surface area (Å²) in [6.07, 6.45) is 1.44. The van der Waals surface area contributed by atoms with Crippen molar-refractivity contribution in [1.29, 1.82) is 0 Å². The maximum Gasteiger partial charge on any atom is 0.266 e. The van der Waals surface area contributed by atoms with E-state index in [-0.39, 0.29) is 24.9 Å². The van der Waals surface area contributed by atoms with Gasteiger partial charge in [-0.3, -0.25) is 0 Å². The lowest BCUT2D eigenvalue weighted by Crippen LogP contribution is -2.27. The van der Waals surface area contributed by atoms with Crippen molar-refractivity contribution in [3.05, 3.63) is 23.4 Å². The zero-order valence-electron chi connectivity index (χ0n) is 15.7. The van der Waals surface area contributed by atoms with Gasteiger partial charge in [-0.05, 0) is 6.92 Å². The summed E-state index contributed by atoms with van der Waals surface area (Å²) in [4.78, 5) is 10.9. The Morgan fingerprint density at radius 2 is 2.00 bits per heavy atom. The Balaban J connectivity index is 1.84. The summed E-state index contributed by atoms with van der Waals surface area (Å²) in [6, 6.07) is 0. The average molecular weight is 377 g/mol. The Morgan fingerprint density at radius 1 is 1.22 bits per heavy atom. The molecule has 1 saturated heterocycles. The smallest absolute Gasteiger partial charge is 0.266 e. The molecule has 1 aliphatic heterocycles. The zero-order chi connectivity index (χ0) is 19.4. The summed E-state index contributed by atoms with van der Waals surface area (Å²) in [6.45, 7) is 8.00. The van der Waals surface area contributed by atoms with Crippen LogP contribution in [0.2, 0.25) is 0 Å². The summed E-state index contributed by atoms with van der Waals surface area (Å²) in [5.74, 6) is -1.63. The topological polar surface area (TPSA) is 85.8 Å². The highest BCUT2D eigenvalue weighted by atomic mass is 19.3. The van der Waals surface area contributed by atoms with Gasteiger partial charge in [-0.15, -0.1) is 0 Å². The molecule has 0 bridgehead atoms. The molecule has 27 heavy (non-hydrogen) atoms. The number of aryl methyl sites for hydroxylation is 1. The standard InChI is InChI=1S/C17H21F2N7O/c1-10-12(24-27-23-10)8-26-14-11(7-20-26)13(21-15(22-14)16(2,3)4)25-6-5-17(18,19)9-25/h7H,5-6,8-9H2,1-4H3. The molecule has 1 aliphatic rings. The fraction of sp³-hybridized carbons (Fsp3) is 0.588. The van der Waals surface area contributed by atoms with E-state index >= 15 is 0 Å². The first kappa shape index (κ1) is 17.7. The molecule has 0 aromatic carbocycles. The molecule has 144 valence electrons. The van der Waals surface area contributed by atoms with Crippen molar-refractivity contribution in [2.75, 3.05) is 18.0 Å². The Labute approximate surface area is 154 Å². The highest BCUT2D eigenvalue weighted by Gasteiger charge is 2.40. The molecule has 10 heteroatoms. The molecule has 0 saturated carbocycles. The van der Waals surface area contributed by atoms with Gasteiger partial charge >= 0.3 is 0 Å². The van der Waals surface area contributed by atoms with E-state index in [4.69, 9.17) is 4.63 Å². The molecule has 3 aromatic rings. The predicted molar refractivity (Wildman–Crippen MR) is 93.9 cm³/mol. The van der Waals surface area contributed by atoms with Crippen LogP contribution in [0, 0.1) is 6.92 Å². The average Bonchev–Trinajstić information content (AvgIpc) is 3.26. The number of halogens is 2. The van der Waals surface area contributed by atoms with E-state index in [0.717, 1.165) is 0 Å². The molecule has 0 radical (unpaired) electrons. The summed E-state index contributed by atoms with van der Waals surface area (Å²) >= 11 is 0.